The van der Waals surface area contributed by atoms with E-state index in [1.54, 1.807) is 45.5 Å². The first kappa shape index (κ1) is 19.5. The van der Waals surface area contributed by atoms with Crippen LogP contribution in [0.3, 0.4) is 0 Å². The third kappa shape index (κ3) is 5.11. The molecule has 0 fully saturated rings. The Kier molecular flexibility index (Phi) is 6.42. The van der Waals surface area contributed by atoms with E-state index in [-0.39, 0.29) is 4.90 Å². The fourth-order valence-electron chi connectivity index (χ4n) is 2.25. The highest BCUT2D eigenvalue weighted by Gasteiger charge is 2.09. The summed E-state index contributed by atoms with van der Waals surface area (Å²) in [6, 6.07) is 11.8. The van der Waals surface area contributed by atoms with Crippen LogP contribution in [-0.2, 0) is 16.6 Å². The van der Waals surface area contributed by atoms with Crippen molar-refractivity contribution in [2.75, 3.05) is 26.6 Å². The number of nitrogens with two attached hydrogens (primary N) is 1. The monoisotopic (exact) mass is 378 g/mol. The molecule has 0 radical (unpaired) electrons. The highest BCUT2D eigenvalue weighted by molar-refractivity contribution is 7.89. The Morgan fingerprint density at radius 2 is 1.85 bits per heavy atom. The number of nitrogens with zero attached hydrogens (tertiary/aromatic N) is 1. The van der Waals surface area contributed by atoms with Crippen LogP contribution in [0.2, 0.25) is 0 Å². The van der Waals surface area contributed by atoms with Crippen LogP contribution in [0, 0.1) is 0 Å². The lowest BCUT2D eigenvalue weighted by Gasteiger charge is -2.14. The van der Waals surface area contributed by atoms with Crippen molar-refractivity contribution >= 4 is 21.7 Å². The van der Waals surface area contributed by atoms with Gasteiger partial charge in [0.2, 0.25) is 10.0 Å². The summed E-state index contributed by atoms with van der Waals surface area (Å²) in [4.78, 5) is 4.22. The van der Waals surface area contributed by atoms with Crippen LogP contribution in [0.25, 0.3) is 0 Å². The molecule has 0 saturated carbocycles. The summed E-state index contributed by atoms with van der Waals surface area (Å²) in [5, 5.41) is 11.4. The first-order valence-corrected chi connectivity index (χ1v) is 9.23. The number of anilines is 1. The Balaban J connectivity index is 2.07. The molecule has 4 N–H and O–H groups in total. The minimum absolute atomic E-state index is 0.0691. The number of hydrogen-bond donors (Lipinski definition) is 3. The van der Waals surface area contributed by atoms with Gasteiger partial charge in [-0.15, -0.1) is 0 Å². The van der Waals surface area contributed by atoms with Crippen LogP contribution in [0.1, 0.15) is 5.56 Å². The number of ether oxygens (including phenoxy) is 2. The van der Waals surface area contributed by atoms with Crippen molar-refractivity contribution in [3.8, 4) is 11.5 Å². The van der Waals surface area contributed by atoms with Crippen molar-refractivity contribution in [3.05, 3.63) is 48.0 Å². The summed E-state index contributed by atoms with van der Waals surface area (Å²) >= 11 is 0. The second kappa shape index (κ2) is 8.54. The molecule has 0 aliphatic heterocycles. The van der Waals surface area contributed by atoms with Gasteiger partial charge < -0.3 is 20.1 Å². The van der Waals surface area contributed by atoms with Crippen LogP contribution in [0.4, 0.5) is 5.69 Å². The number of aliphatic imine (C=N–C) groups is 1. The van der Waals surface area contributed by atoms with Gasteiger partial charge in [0, 0.05) is 25.3 Å². The number of hydrogen-bond acceptors (Lipinski definition) is 5. The average Bonchev–Trinajstić information content (AvgIpc) is 2.64. The maximum absolute atomic E-state index is 11.4. The molecule has 0 bridgehead atoms. The molecule has 0 unspecified atom stereocenters. The van der Waals surface area contributed by atoms with Crippen LogP contribution in [0.15, 0.2) is 52.4 Å². The molecule has 2 rings (SSSR count). The Labute approximate surface area is 153 Å². The van der Waals surface area contributed by atoms with Crippen LogP contribution in [-0.4, -0.2) is 35.6 Å². The molecule has 0 aromatic heterocycles. The summed E-state index contributed by atoms with van der Waals surface area (Å²) in [6.07, 6.45) is 0. The molecule has 0 spiro atoms. The SMILES string of the molecule is CN=C(NCc1cccc(S(N)(=O)=O)c1)Nc1ccc(OC)c(OC)c1. The Bertz CT molecular complexity index is 897. The molecular formula is C17H22N4O4S. The number of guanidine groups is 1. The maximum atomic E-state index is 11.4. The standard InChI is InChI=1S/C17H22N4O4S/c1-19-17(21-13-7-8-15(24-2)16(10-13)25-3)20-11-12-5-4-6-14(9-12)26(18,22)23/h4-10H,11H2,1-3H3,(H2,18,22,23)(H2,19,20,21). The minimum atomic E-state index is -3.73. The third-order valence-corrected chi connectivity index (χ3v) is 4.47. The zero-order chi connectivity index (χ0) is 19.2. The van der Waals surface area contributed by atoms with E-state index in [4.69, 9.17) is 14.6 Å². The quantitative estimate of drug-likeness (QED) is 0.519. The molecule has 0 saturated heterocycles. The topological polar surface area (TPSA) is 115 Å². The van der Waals surface area contributed by atoms with Crippen molar-refractivity contribution in [1.82, 2.24) is 5.32 Å². The minimum Gasteiger partial charge on any atom is -0.493 e. The molecular weight excluding hydrogens is 356 g/mol. The zero-order valence-electron chi connectivity index (χ0n) is 14.8. The van der Waals surface area contributed by atoms with Gasteiger partial charge in [0.05, 0.1) is 19.1 Å². The van der Waals surface area contributed by atoms with Crippen molar-refractivity contribution in [2.24, 2.45) is 10.1 Å². The molecule has 2 aromatic carbocycles. The second-order valence-corrected chi connectivity index (χ2v) is 6.87. The average molecular weight is 378 g/mol. The molecule has 9 heteroatoms. The molecule has 2 aromatic rings. The van der Waals surface area contributed by atoms with Gasteiger partial charge >= 0.3 is 0 Å². The van der Waals surface area contributed by atoms with E-state index in [2.05, 4.69) is 15.6 Å². The van der Waals surface area contributed by atoms with Crippen molar-refractivity contribution in [2.45, 2.75) is 11.4 Å². The number of primary sulfonamides is 1. The largest absolute Gasteiger partial charge is 0.493 e. The lowest BCUT2D eigenvalue weighted by atomic mass is 10.2. The molecule has 140 valence electrons. The first-order chi connectivity index (χ1) is 12.4. The van der Waals surface area contributed by atoms with Gasteiger partial charge in [-0.2, -0.15) is 0 Å². The number of benzene rings is 2. The Morgan fingerprint density at radius 1 is 1.12 bits per heavy atom. The van der Waals surface area contributed by atoms with E-state index >= 15 is 0 Å². The molecule has 0 heterocycles. The fraction of sp³-hybridized carbons (Fsp3) is 0.235. The molecule has 0 atom stereocenters. The maximum Gasteiger partial charge on any atom is 0.238 e. The lowest BCUT2D eigenvalue weighted by molar-refractivity contribution is 0.355. The molecule has 26 heavy (non-hydrogen) atoms. The summed E-state index contributed by atoms with van der Waals surface area (Å²) in [5.74, 6) is 1.73. The van der Waals surface area contributed by atoms with Crippen LogP contribution < -0.4 is 25.2 Å². The smallest absolute Gasteiger partial charge is 0.238 e. The summed E-state index contributed by atoms with van der Waals surface area (Å²) in [7, 11) is 1.04. The molecule has 0 aliphatic carbocycles. The van der Waals surface area contributed by atoms with E-state index in [0.29, 0.717) is 24.0 Å². The number of sulfonamides is 1. The summed E-state index contributed by atoms with van der Waals surface area (Å²) in [6.45, 7) is 0.371. The van der Waals surface area contributed by atoms with E-state index in [9.17, 15) is 8.42 Å². The number of nitrogens with one attached hydrogen (secondary N) is 2. The van der Waals surface area contributed by atoms with Gasteiger partial charge in [0.15, 0.2) is 17.5 Å². The summed E-state index contributed by atoms with van der Waals surface area (Å²) in [5.41, 5.74) is 1.51. The van der Waals surface area contributed by atoms with Gasteiger partial charge in [-0.1, -0.05) is 12.1 Å². The molecule has 0 aliphatic rings. The summed E-state index contributed by atoms with van der Waals surface area (Å²) < 4.78 is 33.3. The first-order valence-electron chi connectivity index (χ1n) is 7.69. The van der Waals surface area contributed by atoms with Gasteiger partial charge in [-0.3, -0.25) is 4.99 Å². The molecule has 8 nitrogen and oxygen atoms in total. The van der Waals surface area contributed by atoms with Crippen molar-refractivity contribution in [1.29, 1.82) is 0 Å². The van der Waals surface area contributed by atoms with Crippen LogP contribution >= 0.6 is 0 Å². The van der Waals surface area contributed by atoms with Crippen LogP contribution in [0.5, 0.6) is 11.5 Å². The lowest BCUT2D eigenvalue weighted by Crippen LogP contribution is -2.30. The predicted octanol–water partition coefficient (Wildman–Crippen LogP) is 1.54. The third-order valence-electron chi connectivity index (χ3n) is 3.56. The van der Waals surface area contributed by atoms with Gasteiger partial charge in [0.1, 0.15) is 0 Å². The fourth-order valence-corrected chi connectivity index (χ4v) is 2.83. The highest BCUT2D eigenvalue weighted by Crippen LogP contribution is 2.29. The van der Waals surface area contributed by atoms with Gasteiger partial charge in [-0.25, -0.2) is 13.6 Å². The normalized spacial score (nSPS) is 11.8. The predicted molar refractivity (Wildman–Crippen MR) is 101 cm³/mol. The van der Waals surface area contributed by atoms with Gasteiger partial charge in [0.25, 0.3) is 0 Å². The number of rotatable bonds is 6. The van der Waals surface area contributed by atoms with E-state index < -0.39 is 10.0 Å². The van der Waals surface area contributed by atoms with Crippen molar-refractivity contribution < 1.29 is 17.9 Å². The Hall–Kier alpha value is -2.78. The molecule has 0 amide bonds. The zero-order valence-corrected chi connectivity index (χ0v) is 15.6. The van der Waals surface area contributed by atoms with Crippen molar-refractivity contribution in [3.63, 3.8) is 0 Å². The van der Waals surface area contributed by atoms with E-state index in [1.807, 2.05) is 6.07 Å². The van der Waals surface area contributed by atoms with E-state index in [1.165, 1.54) is 12.1 Å². The highest BCUT2D eigenvalue weighted by atomic mass is 32.2. The Morgan fingerprint density at radius 3 is 2.46 bits per heavy atom. The van der Waals surface area contributed by atoms with E-state index in [0.717, 1.165) is 11.3 Å². The number of methoxy groups -OCH3 is 2. The second-order valence-electron chi connectivity index (χ2n) is 5.31. The van der Waals surface area contributed by atoms with Gasteiger partial charge in [-0.05, 0) is 29.8 Å².